The van der Waals surface area contributed by atoms with Crippen molar-refractivity contribution in [2.75, 3.05) is 0 Å². The molecule has 1 aromatic rings. The molecule has 0 aliphatic heterocycles. The number of rotatable bonds is 3. The minimum absolute atomic E-state index is 0.0488. The Balaban J connectivity index is 1.28. The van der Waals surface area contributed by atoms with Crippen LogP contribution >= 0.6 is 0 Å². The van der Waals surface area contributed by atoms with Gasteiger partial charge in [0.25, 0.3) is 5.69 Å². The number of nitrogens with zero attached hydrogens (tertiary/aromatic N) is 2. The molecular formula is C24H30N2O4. The molecule has 3 fully saturated rings. The Hall–Kier alpha value is -2.21. The van der Waals surface area contributed by atoms with Gasteiger partial charge in [0.1, 0.15) is 0 Å². The van der Waals surface area contributed by atoms with Crippen LogP contribution in [-0.2, 0) is 0 Å². The van der Waals surface area contributed by atoms with E-state index >= 15 is 0 Å². The third kappa shape index (κ3) is 3.25. The first-order valence-corrected chi connectivity index (χ1v) is 11.3. The first kappa shape index (κ1) is 19.7. The fourth-order valence-electron chi connectivity index (χ4n) is 6.98. The van der Waals surface area contributed by atoms with Gasteiger partial charge in [-0.25, -0.2) is 0 Å². The van der Waals surface area contributed by atoms with E-state index in [-0.39, 0.29) is 17.2 Å². The molecule has 4 aliphatic rings. The minimum Gasteiger partial charge on any atom is -0.393 e. The number of non-ortho nitro benzene ring substituents is 1. The van der Waals surface area contributed by atoms with Crippen LogP contribution < -0.4 is 4.84 Å². The number of aliphatic hydroxyl groups is 1. The van der Waals surface area contributed by atoms with E-state index in [1.165, 1.54) is 37.0 Å². The molecule has 0 radical (unpaired) electrons. The summed E-state index contributed by atoms with van der Waals surface area (Å²) in [4.78, 5) is 15.9. The molecule has 4 aliphatic carbocycles. The quantitative estimate of drug-likeness (QED) is 0.544. The lowest BCUT2D eigenvalue weighted by molar-refractivity contribution is -0.384. The second-order valence-corrected chi connectivity index (χ2v) is 9.90. The van der Waals surface area contributed by atoms with Gasteiger partial charge in [0.2, 0.25) is 0 Å². The van der Waals surface area contributed by atoms with Crippen LogP contribution in [0, 0.1) is 39.2 Å². The van der Waals surface area contributed by atoms with Crippen LogP contribution in [0.15, 0.2) is 41.1 Å². The van der Waals surface area contributed by atoms with Crippen LogP contribution in [0.5, 0.6) is 5.75 Å². The van der Waals surface area contributed by atoms with Gasteiger partial charge in [-0.05, 0) is 98.7 Å². The molecule has 0 spiro atoms. The molecule has 5 rings (SSSR count). The summed E-state index contributed by atoms with van der Waals surface area (Å²) in [5.41, 5.74) is 2.68. The van der Waals surface area contributed by atoms with Crippen molar-refractivity contribution < 1.29 is 14.9 Å². The van der Waals surface area contributed by atoms with Crippen LogP contribution in [0.25, 0.3) is 0 Å². The molecule has 6 unspecified atom stereocenters. The van der Waals surface area contributed by atoms with Crippen molar-refractivity contribution in [2.24, 2.45) is 34.2 Å². The Bertz CT molecular complexity index is 893. The third-order valence-corrected chi connectivity index (χ3v) is 8.58. The summed E-state index contributed by atoms with van der Waals surface area (Å²) in [5.74, 6) is 3.38. The highest BCUT2D eigenvalue weighted by atomic mass is 16.6. The summed E-state index contributed by atoms with van der Waals surface area (Å²) in [6.45, 7) is 2.33. The summed E-state index contributed by atoms with van der Waals surface area (Å²) >= 11 is 0. The topological polar surface area (TPSA) is 85.0 Å². The van der Waals surface area contributed by atoms with Gasteiger partial charge >= 0.3 is 0 Å². The van der Waals surface area contributed by atoms with Crippen LogP contribution in [0.1, 0.15) is 58.3 Å². The van der Waals surface area contributed by atoms with Gasteiger partial charge in [0.15, 0.2) is 5.75 Å². The van der Waals surface area contributed by atoms with Gasteiger partial charge in [-0.1, -0.05) is 17.7 Å². The smallest absolute Gasteiger partial charge is 0.269 e. The lowest BCUT2D eigenvalue weighted by atomic mass is 9.52. The summed E-state index contributed by atoms with van der Waals surface area (Å²) in [5, 5.41) is 25.7. The van der Waals surface area contributed by atoms with Gasteiger partial charge in [0.05, 0.1) is 16.7 Å². The van der Waals surface area contributed by atoms with Crippen molar-refractivity contribution in [3.05, 3.63) is 46.0 Å². The molecule has 1 aromatic carbocycles. The van der Waals surface area contributed by atoms with E-state index in [9.17, 15) is 15.2 Å². The Morgan fingerprint density at radius 3 is 2.67 bits per heavy atom. The predicted molar refractivity (Wildman–Crippen MR) is 114 cm³/mol. The number of hydrogen-bond donors (Lipinski definition) is 1. The van der Waals surface area contributed by atoms with E-state index in [2.05, 4.69) is 18.2 Å². The number of aliphatic hydroxyl groups excluding tert-OH is 1. The maximum Gasteiger partial charge on any atom is 0.269 e. The highest BCUT2D eigenvalue weighted by molar-refractivity contribution is 5.96. The van der Waals surface area contributed by atoms with E-state index < -0.39 is 4.92 Å². The number of nitro benzene ring substituents is 1. The lowest BCUT2D eigenvalue weighted by Gasteiger charge is -2.53. The van der Waals surface area contributed by atoms with Gasteiger partial charge in [-0.3, -0.25) is 10.1 Å². The van der Waals surface area contributed by atoms with Crippen molar-refractivity contribution in [2.45, 2.75) is 64.4 Å². The first-order valence-electron chi connectivity index (χ1n) is 11.3. The van der Waals surface area contributed by atoms with Crippen LogP contribution in [-0.4, -0.2) is 21.8 Å². The highest BCUT2D eigenvalue weighted by Gasteiger charge is 2.55. The summed E-state index contributed by atoms with van der Waals surface area (Å²) in [7, 11) is 0. The molecular weight excluding hydrogens is 380 g/mol. The zero-order valence-electron chi connectivity index (χ0n) is 17.5. The number of hydrogen-bond acceptors (Lipinski definition) is 5. The van der Waals surface area contributed by atoms with E-state index in [1.54, 1.807) is 12.1 Å². The van der Waals surface area contributed by atoms with Crippen molar-refractivity contribution in [3.63, 3.8) is 0 Å². The zero-order valence-corrected chi connectivity index (χ0v) is 17.5. The highest BCUT2D eigenvalue weighted by Crippen LogP contribution is 2.61. The van der Waals surface area contributed by atoms with E-state index in [1.807, 2.05) is 0 Å². The van der Waals surface area contributed by atoms with Crippen molar-refractivity contribution in [1.29, 1.82) is 0 Å². The molecule has 0 heterocycles. The van der Waals surface area contributed by atoms with Crippen LogP contribution in [0.3, 0.4) is 0 Å². The average molecular weight is 411 g/mol. The molecule has 0 amide bonds. The van der Waals surface area contributed by atoms with Gasteiger partial charge < -0.3 is 9.94 Å². The number of fused-ring (bicyclic) bond motifs is 5. The molecule has 6 atom stereocenters. The lowest BCUT2D eigenvalue weighted by Crippen LogP contribution is -2.47. The second kappa shape index (κ2) is 7.49. The normalized spacial score (nSPS) is 38.9. The third-order valence-electron chi connectivity index (χ3n) is 8.58. The maximum absolute atomic E-state index is 10.8. The molecule has 160 valence electrons. The van der Waals surface area contributed by atoms with Crippen LogP contribution in [0.4, 0.5) is 5.69 Å². The molecule has 30 heavy (non-hydrogen) atoms. The number of nitro groups is 1. The fourth-order valence-corrected chi connectivity index (χ4v) is 6.98. The standard InChI is InChI=1S/C24H30N2O4/c1-24-13-12-20-19-9-3-16(25-30-18-6-4-17(5-7-18)26(28)29)14-15(19)2-8-21(20)22(24)10-11-23(24)27/h4-7,14,19-23,27H,2-3,8-13H2,1H3. The predicted octanol–water partition coefficient (Wildman–Crippen LogP) is 5.26. The Labute approximate surface area is 177 Å². The second-order valence-electron chi connectivity index (χ2n) is 9.90. The Morgan fingerprint density at radius 1 is 1.10 bits per heavy atom. The molecule has 0 aromatic heterocycles. The minimum atomic E-state index is -0.419. The average Bonchev–Trinajstić information content (AvgIpc) is 3.06. The van der Waals surface area contributed by atoms with E-state index in [4.69, 9.17) is 4.84 Å². The molecule has 0 bridgehead atoms. The monoisotopic (exact) mass is 410 g/mol. The summed E-state index contributed by atoms with van der Waals surface area (Å²) < 4.78 is 0. The molecule has 1 N–H and O–H groups in total. The van der Waals surface area contributed by atoms with Crippen molar-refractivity contribution in [3.8, 4) is 5.75 Å². The number of oxime groups is 1. The number of benzene rings is 1. The Kier molecular flexibility index (Phi) is 4.92. The van der Waals surface area contributed by atoms with E-state index in [0.717, 1.165) is 49.7 Å². The molecule has 6 heteroatoms. The van der Waals surface area contributed by atoms with Crippen LogP contribution in [0.2, 0.25) is 0 Å². The fraction of sp³-hybridized carbons (Fsp3) is 0.625. The largest absolute Gasteiger partial charge is 0.393 e. The zero-order chi connectivity index (χ0) is 20.9. The molecule has 3 saturated carbocycles. The molecule has 6 nitrogen and oxygen atoms in total. The van der Waals surface area contributed by atoms with Gasteiger partial charge in [-0.15, -0.1) is 0 Å². The van der Waals surface area contributed by atoms with Crippen molar-refractivity contribution in [1.82, 2.24) is 0 Å². The maximum atomic E-state index is 10.8. The van der Waals surface area contributed by atoms with Crippen molar-refractivity contribution >= 4 is 11.4 Å². The molecule has 0 saturated heterocycles. The number of allylic oxidation sites excluding steroid dienone is 2. The summed E-state index contributed by atoms with van der Waals surface area (Å²) in [6.07, 6.45) is 11.1. The van der Waals surface area contributed by atoms with Gasteiger partial charge in [0, 0.05) is 12.1 Å². The Morgan fingerprint density at radius 2 is 1.90 bits per heavy atom. The summed E-state index contributed by atoms with van der Waals surface area (Å²) in [6, 6.07) is 6.04. The van der Waals surface area contributed by atoms with E-state index in [0.29, 0.717) is 17.6 Å². The first-order chi connectivity index (χ1) is 14.5. The van der Waals surface area contributed by atoms with Gasteiger partial charge in [-0.2, -0.15) is 0 Å². The SMILES string of the molecule is CC12CCC3C4CCC(=NOc5ccc([N+](=O)[O-])cc5)C=C4CCC3C1CCC2O.